The number of carbonyl (C=O) groups excluding carboxylic acids is 3. The number of hydrogen-bond acceptors (Lipinski definition) is 4. The van der Waals surface area contributed by atoms with Gasteiger partial charge in [-0.3, -0.25) is 19.3 Å². The minimum absolute atomic E-state index is 0.0816. The van der Waals surface area contributed by atoms with E-state index in [0.29, 0.717) is 11.3 Å². The van der Waals surface area contributed by atoms with Gasteiger partial charge in [-0.2, -0.15) is 5.26 Å². The molecule has 0 saturated carbocycles. The molecule has 3 heterocycles. The summed E-state index contributed by atoms with van der Waals surface area (Å²) in [6.45, 7) is 1.47. The van der Waals surface area contributed by atoms with Crippen LogP contribution >= 0.6 is 0 Å². The van der Waals surface area contributed by atoms with Crippen molar-refractivity contribution in [3.8, 4) is 6.07 Å². The zero-order valence-corrected chi connectivity index (χ0v) is 15.7. The van der Waals surface area contributed by atoms with Crippen LogP contribution in [0.4, 0.5) is 5.69 Å². The summed E-state index contributed by atoms with van der Waals surface area (Å²) in [6, 6.07) is 15.7. The van der Waals surface area contributed by atoms with Crippen LogP contribution in [0.25, 0.3) is 6.08 Å². The van der Waals surface area contributed by atoms with Crippen LogP contribution in [-0.4, -0.2) is 23.6 Å². The number of quaternary nitrogens is 1. The topological polar surface area (TPSA) is 82.7 Å². The molecule has 1 N–H and O–H groups in total. The summed E-state index contributed by atoms with van der Waals surface area (Å²) >= 11 is 0. The van der Waals surface area contributed by atoms with E-state index in [1.54, 1.807) is 24.3 Å². The first-order valence-electron chi connectivity index (χ1n) is 9.55. The van der Waals surface area contributed by atoms with Crippen LogP contribution < -0.4 is 9.80 Å². The number of anilines is 1. The Bertz CT molecular complexity index is 1130. The van der Waals surface area contributed by atoms with Crippen molar-refractivity contribution in [1.82, 2.24) is 0 Å². The Labute approximate surface area is 167 Å². The number of benzene rings is 2. The number of amides is 2. The molecular weight excluding hydrogens is 366 g/mol. The molecule has 0 bridgehead atoms. The molecule has 6 nitrogen and oxygen atoms in total. The number of fused-ring (bicyclic) bond motifs is 5. The van der Waals surface area contributed by atoms with E-state index in [-0.39, 0.29) is 23.6 Å². The van der Waals surface area contributed by atoms with Crippen LogP contribution in [0, 0.1) is 23.2 Å². The van der Waals surface area contributed by atoms with Gasteiger partial charge in [0.2, 0.25) is 11.8 Å². The van der Waals surface area contributed by atoms with Gasteiger partial charge in [0.05, 0.1) is 11.9 Å². The van der Waals surface area contributed by atoms with Crippen LogP contribution in [0.5, 0.6) is 0 Å². The summed E-state index contributed by atoms with van der Waals surface area (Å²) in [5, 5.41) is 9.83. The highest BCUT2D eigenvalue weighted by atomic mass is 16.2. The SMILES string of the molecule is CC(=O)c1ccc(N2C(=O)[C@@H]3[C@H](C2=O)[C@H](C#N)[NH+]2C=Cc4ccccc4[C@@H]32)cc1. The van der Waals surface area contributed by atoms with Crippen molar-refractivity contribution in [3.63, 3.8) is 0 Å². The molecule has 5 atom stereocenters. The molecule has 0 aromatic heterocycles. The van der Waals surface area contributed by atoms with Gasteiger partial charge in [0.1, 0.15) is 23.9 Å². The van der Waals surface area contributed by atoms with Gasteiger partial charge < -0.3 is 0 Å². The smallest absolute Gasteiger partial charge is 0.245 e. The van der Waals surface area contributed by atoms with E-state index in [1.165, 1.54) is 11.8 Å². The average Bonchev–Trinajstić information content (AvgIpc) is 3.20. The lowest BCUT2D eigenvalue weighted by molar-refractivity contribution is -0.885. The van der Waals surface area contributed by atoms with Gasteiger partial charge in [-0.25, -0.2) is 4.90 Å². The molecule has 29 heavy (non-hydrogen) atoms. The number of ketones is 1. The molecule has 142 valence electrons. The molecule has 0 aliphatic carbocycles. The Balaban J connectivity index is 1.59. The molecule has 6 heteroatoms. The third-order valence-electron chi connectivity index (χ3n) is 6.29. The summed E-state index contributed by atoms with van der Waals surface area (Å²) in [7, 11) is 0. The first-order chi connectivity index (χ1) is 14.0. The fraction of sp³-hybridized carbons (Fsp3) is 0.217. The first-order valence-corrected chi connectivity index (χ1v) is 9.55. The quantitative estimate of drug-likeness (QED) is 0.629. The normalized spacial score (nSPS) is 29.2. The van der Waals surface area contributed by atoms with Gasteiger partial charge in [0.15, 0.2) is 11.8 Å². The van der Waals surface area contributed by atoms with E-state index < -0.39 is 17.9 Å². The first kappa shape index (κ1) is 17.5. The maximum absolute atomic E-state index is 13.4. The second-order valence-corrected chi connectivity index (χ2v) is 7.71. The minimum Gasteiger partial charge on any atom is -0.295 e. The molecule has 5 rings (SSSR count). The third-order valence-corrected chi connectivity index (χ3v) is 6.29. The number of Topliss-reactive ketones (excluding diaryl/α,β-unsaturated/α-hetero) is 1. The molecule has 2 aromatic rings. The third kappa shape index (κ3) is 2.35. The maximum Gasteiger partial charge on any atom is 0.245 e. The van der Waals surface area contributed by atoms with E-state index in [0.717, 1.165) is 16.0 Å². The second kappa shape index (κ2) is 6.23. The summed E-state index contributed by atoms with van der Waals surface area (Å²) < 4.78 is 0. The Morgan fingerprint density at radius 3 is 2.41 bits per heavy atom. The summed E-state index contributed by atoms with van der Waals surface area (Å²) in [6.07, 6.45) is 3.87. The molecule has 2 amide bonds. The lowest BCUT2D eigenvalue weighted by Gasteiger charge is -2.28. The highest BCUT2D eigenvalue weighted by Crippen LogP contribution is 2.44. The summed E-state index contributed by atoms with van der Waals surface area (Å²) in [4.78, 5) is 40.3. The minimum atomic E-state index is -0.684. The molecule has 2 fully saturated rings. The monoisotopic (exact) mass is 384 g/mol. The molecule has 0 radical (unpaired) electrons. The Morgan fingerprint density at radius 2 is 1.72 bits per heavy atom. The Kier molecular flexibility index (Phi) is 3.76. The van der Waals surface area contributed by atoms with Crippen LogP contribution in [-0.2, 0) is 9.59 Å². The molecule has 3 aliphatic heterocycles. The van der Waals surface area contributed by atoms with Crippen LogP contribution in [0.2, 0.25) is 0 Å². The van der Waals surface area contributed by atoms with Crippen LogP contribution in [0.1, 0.15) is 34.5 Å². The van der Waals surface area contributed by atoms with E-state index in [1.807, 2.05) is 36.5 Å². The lowest BCUT2D eigenvalue weighted by Crippen LogP contribution is -3.10. The van der Waals surface area contributed by atoms with Crippen molar-refractivity contribution in [3.05, 3.63) is 71.4 Å². The molecule has 1 unspecified atom stereocenters. The predicted molar refractivity (Wildman–Crippen MR) is 105 cm³/mol. The molecular formula is C23H18N3O3+. The zero-order chi connectivity index (χ0) is 20.3. The molecule has 0 spiro atoms. The number of hydrogen-bond donors (Lipinski definition) is 1. The summed E-state index contributed by atoms with van der Waals surface area (Å²) in [5.74, 6) is -1.96. The number of nitriles is 1. The maximum atomic E-state index is 13.4. The number of imide groups is 1. The van der Waals surface area contributed by atoms with E-state index in [4.69, 9.17) is 0 Å². The standard InChI is InChI=1S/C23H17N3O3/c1-13(27)14-6-8-16(9-7-14)26-22(28)19-18(12-24)25-11-10-15-4-2-3-5-17(15)21(25)20(19)23(26)29/h2-11,18-21H,1H3/p+1/t18-,19+,20+,21-/m0/s1. The average molecular weight is 384 g/mol. The number of carbonyl (C=O) groups is 3. The van der Waals surface area contributed by atoms with Crippen LogP contribution in [0.3, 0.4) is 0 Å². The van der Waals surface area contributed by atoms with Crippen molar-refractivity contribution in [2.75, 3.05) is 4.90 Å². The van der Waals surface area contributed by atoms with Crippen molar-refractivity contribution in [2.24, 2.45) is 11.8 Å². The predicted octanol–water partition coefficient (Wildman–Crippen LogP) is 1.51. The highest BCUT2D eigenvalue weighted by Gasteiger charge is 2.66. The number of nitrogens with one attached hydrogen (secondary N) is 1. The Hall–Kier alpha value is -3.56. The van der Waals surface area contributed by atoms with Crippen LogP contribution in [0.15, 0.2) is 54.7 Å². The second-order valence-electron chi connectivity index (χ2n) is 7.71. The zero-order valence-electron chi connectivity index (χ0n) is 15.7. The van der Waals surface area contributed by atoms with Gasteiger partial charge in [-0.15, -0.1) is 0 Å². The number of rotatable bonds is 2. The fourth-order valence-corrected chi connectivity index (χ4v) is 4.99. The molecule has 2 saturated heterocycles. The van der Waals surface area contributed by atoms with Crippen molar-refractivity contribution in [1.29, 1.82) is 5.26 Å². The van der Waals surface area contributed by atoms with Gasteiger partial charge in [-0.05, 0) is 42.8 Å². The van der Waals surface area contributed by atoms with E-state index >= 15 is 0 Å². The molecule has 3 aliphatic rings. The lowest BCUT2D eigenvalue weighted by atomic mass is 9.85. The van der Waals surface area contributed by atoms with Crippen molar-refractivity contribution in [2.45, 2.75) is 19.0 Å². The highest BCUT2D eigenvalue weighted by molar-refractivity contribution is 6.22. The van der Waals surface area contributed by atoms with E-state index in [9.17, 15) is 19.6 Å². The van der Waals surface area contributed by atoms with Gasteiger partial charge >= 0.3 is 0 Å². The molecule has 2 aromatic carbocycles. The van der Waals surface area contributed by atoms with E-state index in [2.05, 4.69) is 6.07 Å². The van der Waals surface area contributed by atoms with Gasteiger partial charge in [0, 0.05) is 11.1 Å². The van der Waals surface area contributed by atoms with Gasteiger partial charge in [-0.1, -0.05) is 24.3 Å². The number of nitrogens with zero attached hydrogens (tertiary/aromatic N) is 2. The largest absolute Gasteiger partial charge is 0.295 e. The summed E-state index contributed by atoms with van der Waals surface area (Å²) in [5.41, 5.74) is 2.97. The van der Waals surface area contributed by atoms with Crippen molar-refractivity contribution < 1.29 is 19.3 Å². The Morgan fingerprint density at radius 1 is 1.03 bits per heavy atom. The van der Waals surface area contributed by atoms with Crippen molar-refractivity contribution >= 4 is 29.4 Å². The fourth-order valence-electron chi connectivity index (χ4n) is 4.99. The van der Waals surface area contributed by atoms with Gasteiger partial charge in [0.25, 0.3) is 0 Å².